The fourth-order valence-electron chi connectivity index (χ4n) is 3.73. The fraction of sp³-hybridized carbons (Fsp3) is 0.280. The molecule has 0 saturated heterocycles. The van der Waals surface area contributed by atoms with Crippen LogP contribution in [0.3, 0.4) is 0 Å². The van der Waals surface area contributed by atoms with Crippen LogP contribution < -0.4 is 15.6 Å². The Morgan fingerprint density at radius 2 is 1.94 bits per heavy atom. The first kappa shape index (κ1) is 23.8. The van der Waals surface area contributed by atoms with Crippen molar-refractivity contribution >= 4 is 45.5 Å². The maximum Gasteiger partial charge on any atom is 0.262 e. The topological polar surface area (TPSA) is 89.0 Å². The van der Waals surface area contributed by atoms with Crippen molar-refractivity contribution in [1.29, 1.82) is 0 Å². The summed E-state index contributed by atoms with van der Waals surface area (Å²) in [5.41, 5.74) is 2.35. The van der Waals surface area contributed by atoms with Gasteiger partial charge in [0.1, 0.15) is 5.75 Å². The second-order valence-electron chi connectivity index (χ2n) is 7.76. The minimum absolute atomic E-state index is 0.0702. The minimum atomic E-state index is -0.0809. The molecule has 0 saturated carbocycles. The van der Waals surface area contributed by atoms with Gasteiger partial charge in [0.05, 0.1) is 23.2 Å². The summed E-state index contributed by atoms with van der Waals surface area (Å²) in [7, 11) is 0. The molecule has 9 heteroatoms. The number of fused-ring (bicyclic) bond motifs is 1. The van der Waals surface area contributed by atoms with Crippen LogP contribution in [-0.2, 0) is 11.3 Å². The maximum absolute atomic E-state index is 12.7. The lowest BCUT2D eigenvalue weighted by atomic mass is 10.1. The van der Waals surface area contributed by atoms with E-state index in [9.17, 15) is 9.59 Å². The van der Waals surface area contributed by atoms with E-state index in [0.29, 0.717) is 34.9 Å². The Hall–Kier alpha value is -3.30. The number of carbonyl (C=O) groups is 1. The Balaban J connectivity index is 1.26. The van der Waals surface area contributed by atoms with Crippen molar-refractivity contribution in [2.24, 2.45) is 0 Å². The molecule has 2 aromatic heterocycles. The van der Waals surface area contributed by atoms with Gasteiger partial charge in [-0.15, -0.1) is 11.3 Å². The second kappa shape index (κ2) is 11.2. The Kier molecular flexibility index (Phi) is 7.87. The lowest BCUT2D eigenvalue weighted by molar-refractivity contribution is -0.116. The van der Waals surface area contributed by atoms with Crippen molar-refractivity contribution in [3.63, 3.8) is 0 Å². The largest absolute Gasteiger partial charge is 0.493 e. The van der Waals surface area contributed by atoms with Crippen LogP contribution in [0.4, 0.5) is 5.13 Å². The number of para-hydroxylation sites is 2. The average Bonchev–Trinajstić information content (AvgIpc) is 3.29. The van der Waals surface area contributed by atoms with Crippen LogP contribution in [0, 0.1) is 4.77 Å². The predicted molar refractivity (Wildman–Crippen MR) is 139 cm³/mol. The van der Waals surface area contributed by atoms with Gasteiger partial charge in [0.25, 0.3) is 5.56 Å². The molecule has 4 rings (SSSR count). The monoisotopic (exact) mass is 494 g/mol. The van der Waals surface area contributed by atoms with Crippen molar-refractivity contribution < 1.29 is 9.53 Å². The highest BCUT2D eigenvalue weighted by Crippen LogP contribution is 2.32. The second-order valence-corrected chi connectivity index (χ2v) is 9.00. The Morgan fingerprint density at radius 1 is 1.15 bits per heavy atom. The van der Waals surface area contributed by atoms with Gasteiger partial charge in [0.2, 0.25) is 5.91 Å². The van der Waals surface area contributed by atoms with Crippen molar-refractivity contribution in [2.75, 3.05) is 11.9 Å². The van der Waals surface area contributed by atoms with Gasteiger partial charge in [-0.2, -0.15) is 0 Å². The lowest BCUT2D eigenvalue weighted by Gasteiger charge is -2.08. The van der Waals surface area contributed by atoms with E-state index in [-0.39, 0.29) is 11.5 Å². The summed E-state index contributed by atoms with van der Waals surface area (Å²) in [5.74, 6) is 0.706. The molecule has 4 aromatic rings. The Labute approximate surface area is 206 Å². The molecule has 0 atom stereocenters. The molecule has 0 aliphatic carbocycles. The van der Waals surface area contributed by atoms with E-state index in [1.165, 1.54) is 11.3 Å². The van der Waals surface area contributed by atoms with E-state index in [4.69, 9.17) is 17.0 Å². The third-order valence-corrected chi connectivity index (χ3v) is 6.47. The van der Waals surface area contributed by atoms with E-state index < -0.39 is 0 Å². The average molecular weight is 495 g/mol. The third kappa shape index (κ3) is 5.60. The molecule has 0 spiro atoms. The van der Waals surface area contributed by atoms with Gasteiger partial charge in [-0.3, -0.25) is 14.2 Å². The zero-order valence-electron chi connectivity index (χ0n) is 18.9. The number of benzene rings is 2. The smallest absolute Gasteiger partial charge is 0.262 e. The van der Waals surface area contributed by atoms with Crippen LogP contribution in [0.2, 0.25) is 0 Å². The molecule has 2 N–H and O–H groups in total. The van der Waals surface area contributed by atoms with E-state index >= 15 is 0 Å². The number of unbranched alkanes of at least 4 members (excludes halogenated alkanes) is 2. The van der Waals surface area contributed by atoms with Crippen molar-refractivity contribution in [3.8, 4) is 17.0 Å². The number of carbonyl (C=O) groups excluding carboxylic acids is 1. The molecule has 0 aliphatic rings. The molecule has 1 amide bonds. The summed E-state index contributed by atoms with van der Waals surface area (Å²) >= 11 is 6.74. The molecule has 0 unspecified atom stereocenters. The number of aromatic amines is 1. The fourth-order valence-corrected chi connectivity index (χ4v) is 4.74. The van der Waals surface area contributed by atoms with E-state index in [1.807, 2.05) is 54.8 Å². The molecular weight excluding hydrogens is 468 g/mol. The summed E-state index contributed by atoms with van der Waals surface area (Å²) < 4.78 is 7.69. The van der Waals surface area contributed by atoms with Gasteiger partial charge in [-0.05, 0) is 56.2 Å². The SMILES string of the molecule is CCOc1ccccc1-c1csc(NC(=O)CCCCCn2c(=S)[nH]c3ccccc3c2=O)n1. The molecule has 2 aromatic carbocycles. The number of hydrogen-bond donors (Lipinski definition) is 2. The minimum Gasteiger partial charge on any atom is -0.493 e. The van der Waals surface area contributed by atoms with Gasteiger partial charge in [-0.1, -0.05) is 30.7 Å². The molecule has 0 aliphatic heterocycles. The summed E-state index contributed by atoms with van der Waals surface area (Å²) in [6, 6.07) is 15.1. The van der Waals surface area contributed by atoms with Crippen molar-refractivity contribution in [2.45, 2.75) is 39.2 Å². The van der Waals surface area contributed by atoms with Gasteiger partial charge < -0.3 is 15.0 Å². The number of anilines is 1. The van der Waals surface area contributed by atoms with Crippen molar-refractivity contribution in [1.82, 2.24) is 14.5 Å². The number of nitrogens with one attached hydrogen (secondary N) is 2. The van der Waals surface area contributed by atoms with Gasteiger partial charge in [0.15, 0.2) is 9.90 Å². The van der Waals surface area contributed by atoms with E-state index in [0.717, 1.165) is 41.8 Å². The number of nitrogens with zero attached hydrogens (tertiary/aromatic N) is 2. The van der Waals surface area contributed by atoms with Crippen LogP contribution in [0.25, 0.3) is 22.2 Å². The molecular formula is C25H26N4O3S2. The van der Waals surface area contributed by atoms with Crippen LogP contribution >= 0.6 is 23.6 Å². The zero-order valence-corrected chi connectivity index (χ0v) is 20.5. The first-order valence-corrected chi connectivity index (χ1v) is 12.5. The summed E-state index contributed by atoms with van der Waals surface area (Å²) in [4.78, 5) is 32.7. The third-order valence-electron chi connectivity index (χ3n) is 5.39. The molecule has 176 valence electrons. The number of thiazole rings is 1. The Morgan fingerprint density at radius 3 is 2.79 bits per heavy atom. The number of amides is 1. The van der Waals surface area contributed by atoms with E-state index in [2.05, 4.69) is 15.3 Å². The molecule has 7 nitrogen and oxygen atoms in total. The summed E-state index contributed by atoms with van der Waals surface area (Å²) in [6.45, 7) is 3.04. The number of ether oxygens (including phenoxy) is 1. The van der Waals surface area contributed by atoms with Crippen LogP contribution in [0.1, 0.15) is 32.6 Å². The maximum atomic E-state index is 12.7. The molecule has 34 heavy (non-hydrogen) atoms. The van der Waals surface area contributed by atoms with Crippen molar-refractivity contribution in [3.05, 3.63) is 69.0 Å². The lowest BCUT2D eigenvalue weighted by Crippen LogP contribution is -2.22. The number of hydrogen-bond acceptors (Lipinski definition) is 6. The highest BCUT2D eigenvalue weighted by molar-refractivity contribution is 7.71. The number of H-pyrrole nitrogens is 1. The molecule has 2 heterocycles. The first-order chi connectivity index (χ1) is 16.6. The Bertz CT molecular complexity index is 1410. The molecule has 0 fully saturated rings. The van der Waals surface area contributed by atoms with Crippen LogP contribution in [-0.4, -0.2) is 27.0 Å². The highest BCUT2D eigenvalue weighted by Gasteiger charge is 2.12. The molecule has 0 radical (unpaired) electrons. The number of aromatic nitrogens is 3. The first-order valence-electron chi connectivity index (χ1n) is 11.3. The predicted octanol–water partition coefficient (Wildman–Crippen LogP) is 5.78. The van der Waals surface area contributed by atoms with Gasteiger partial charge in [0, 0.05) is 23.9 Å². The van der Waals surface area contributed by atoms with Crippen LogP contribution in [0.15, 0.2) is 58.7 Å². The highest BCUT2D eigenvalue weighted by atomic mass is 32.1. The number of rotatable bonds is 10. The normalized spacial score (nSPS) is 11.0. The summed E-state index contributed by atoms with van der Waals surface area (Å²) in [5, 5.41) is 5.99. The van der Waals surface area contributed by atoms with Gasteiger partial charge >= 0.3 is 0 Å². The standard InChI is InChI=1S/C25H26N4O3S2/c1-2-32-21-13-8-6-10-17(21)20-16-34-24(26-20)28-22(30)14-4-3-9-15-29-23(31)18-11-5-7-12-19(18)27-25(29)33/h5-8,10-13,16H,2-4,9,14-15H2,1H3,(H,27,33)(H,26,28,30). The molecule has 0 bridgehead atoms. The van der Waals surface area contributed by atoms with Crippen LogP contribution in [0.5, 0.6) is 5.75 Å². The van der Waals surface area contributed by atoms with Gasteiger partial charge in [-0.25, -0.2) is 4.98 Å². The quantitative estimate of drug-likeness (QED) is 0.215. The summed E-state index contributed by atoms with van der Waals surface area (Å²) in [6.07, 6.45) is 2.69. The van der Waals surface area contributed by atoms with E-state index in [1.54, 1.807) is 10.6 Å². The zero-order chi connectivity index (χ0) is 23.9.